The monoisotopic (exact) mass is 282 g/mol. The summed E-state index contributed by atoms with van der Waals surface area (Å²) >= 11 is 5.89. The number of halogens is 1. The van der Waals surface area contributed by atoms with Crippen LogP contribution in [0.1, 0.15) is 36.0 Å². The van der Waals surface area contributed by atoms with Crippen molar-refractivity contribution in [3.05, 3.63) is 35.4 Å². The first-order valence-electron chi connectivity index (χ1n) is 6.29. The average molecular weight is 283 g/mol. The van der Waals surface area contributed by atoms with Crippen LogP contribution in [-0.2, 0) is 0 Å². The second-order valence-corrected chi connectivity index (χ2v) is 4.57. The van der Waals surface area contributed by atoms with Gasteiger partial charge in [-0.15, -0.1) is 6.58 Å². The maximum atomic E-state index is 11.0. The lowest BCUT2D eigenvalue weighted by atomic mass is 10.2. The van der Waals surface area contributed by atoms with Crippen molar-refractivity contribution in [1.29, 1.82) is 0 Å². The van der Waals surface area contributed by atoms with E-state index in [0.717, 1.165) is 32.0 Å². The minimum absolute atomic E-state index is 0.412. The fraction of sp³-hybridized carbons (Fsp3) is 0.400. The molecule has 0 bridgehead atoms. The number of benzene rings is 1. The van der Waals surface area contributed by atoms with Gasteiger partial charge in [-0.05, 0) is 31.7 Å². The van der Waals surface area contributed by atoms with Crippen molar-refractivity contribution in [3.8, 4) is 11.5 Å². The lowest BCUT2D eigenvalue weighted by Gasteiger charge is -2.13. The van der Waals surface area contributed by atoms with E-state index >= 15 is 0 Å². The second kappa shape index (κ2) is 8.59. The molecule has 0 aliphatic heterocycles. The molecule has 0 unspecified atom stereocenters. The highest BCUT2D eigenvalue weighted by molar-refractivity contribution is 6.31. The molecule has 1 rings (SSSR count). The molecule has 104 valence electrons. The summed E-state index contributed by atoms with van der Waals surface area (Å²) in [5.74, 6) is 0.950. The third kappa shape index (κ3) is 4.95. The maximum Gasteiger partial charge on any atom is 0.171 e. The van der Waals surface area contributed by atoms with Crippen molar-refractivity contribution in [2.24, 2.45) is 0 Å². The van der Waals surface area contributed by atoms with Crippen molar-refractivity contribution in [2.45, 2.75) is 25.7 Å². The number of aldehydes is 1. The Balaban J connectivity index is 2.61. The number of allylic oxidation sites excluding steroid dienone is 1. The predicted octanol–water partition coefficient (Wildman–Crippen LogP) is 4.29. The van der Waals surface area contributed by atoms with Crippen LogP contribution >= 0.6 is 11.6 Å². The van der Waals surface area contributed by atoms with E-state index in [0.29, 0.717) is 28.7 Å². The Morgan fingerprint density at radius 3 is 2.74 bits per heavy atom. The van der Waals surface area contributed by atoms with Gasteiger partial charge in [0.1, 0.15) is 0 Å². The Morgan fingerprint density at radius 2 is 2.11 bits per heavy atom. The maximum absolute atomic E-state index is 11.0. The number of hydrogen-bond acceptors (Lipinski definition) is 3. The minimum Gasteiger partial charge on any atom is -0.493 e. The smallest absolute Gasteiger partial charge is 0.171 e. The van der Waals surface area contributed by atoms with E-state index in [1.54, 1.807) is 12.1 Å². The molecule has 0 aliphatic rings. The molecule has 4 heteroatoms. The molecule has 1 aromatic carbocycles. The number of unbranched alkanes of at least 4 members (excludes halogenated alkanes) is 3. The standard InChI is InChI=1S/C15H19ClO3/c1-3-4-5-6-7-8-19-15-12(11-17)9-13(16)10-14(15)18-2/h3,9-11H,1,4-8H2,2H3. The Hall–Kier alpha value is -1.48. The number of rotatable bonds is 9. The quantitative estimate of drug-likeness (QED) is 0.385. The molecular formula is C15H19ClO3. The molecule has 3 nitrogen and oxygen atoms in total. The van der Waals surface area contributed by atoms with E-state index in [-0.39, 0.29) is 0 Å². The molecule has 0 saturated carbocycles. The third-order valence-corrected chi connectivity index (χ3v) is 2.91. The van der Waals surface area contributed by atoms with Crippen molar-refractivity contribution >= 4 is 17.9 Å². The fourth-order valence-corrected chi connectivity index (χ4v) is 1.94. The first-order chi connectivity index (χ1) is 9.22. The molecule has 0 aliphatic carbocycles. The normalized spacial score (nSPS) is 10.0. The number of carbonyl (C=O) groups is 1. The second-order valence-electron chi connectivity index (χ2n) is 4.13. The van der Waals surface area contributed by atoms with Gasteiger partial charge in [-0.3, -0.25) is 4.79 Å². The van der Waals surface area contributed by atoms with Crippen molar-refractivity contribution < 1.29 is 14.3 Å². The molecule has 0 heterocycles. The molecule has 0 saturated heterocycles. The Bertz CT molecular complexity index is 430. The Labute approximate surface area is 119 Å². The molecule has 0 atom stereocenters. The first-order valence-corrected chi connectivity index (χ1v) is 6.67. The first kappa shape index (κ1) is 15.6. The van der Waals surface area contributed by atoms with Gasteiger partial charge >= 0.3 is 0 Å². The Kier molecular flexibility index (Phi) is 7.04. The van der Waals surface area contributed by atoms with Crippen LogP contribution in [0, 0.1) is 0 Å². The molecule has 0 fully saturated rings. The highest BCUT2D eigenvalue weighted by Gasteiger charge is 2.12. The molecule has 0 N–H and O–H groups in total. The van der Waals surface area contributed by atoms with E-state index in [4.69, 9.17) is 21.1 Å². The summed E-state index contributed by atoms with van der Waals surface area (Å²) in [5, 5.41) is 0.456. The zero-order valence-electron chi connectivity index (χ0n) is 11.2. The molecule has 0 spiro atoms. The van der Waals surface area contributed by atoms with Crippen molar-refractivity contribution in [3.63, 3.8) is 0 Å². The number of carbonyl (C=O) groups excluding carboxylic acids is 1. The van der Waals surface area contributed by atoms with Crippen LogP contribution in [0.25, 0.3) is 0 Å². The number of methoxy groups -OCH3 is 1. The summed E-state index contributed by atoms with van der Waals surface area (Å²) in [6, 6.07) is 3.21. The van der Waals surface area contributed by atoms with E-state index in [1.165, 1.54) is 7.11 Å². The van der Waals surface area contributed by atoms with Crippen molar-refractivity contribution in [1.82, 2.24) is 0 Å². The fourth-order valence-electron chi connectivity index (χ4n) is 1.72. The van der Waals surface area contributed by atoms with Gasteiger partial charge < -0.3 is 9.47 Å². The number of ether oxygens (including phenoxy) is 2. The largest absolute Gasteiger partial charge is 0.493 e. The highest BCUT2D eigenvalue weighted by Crippen LogP contribution is 2.33. The van der Waals surface area contributed by atoms with Gasteiger partial charge in [-0.25, -0.2) is 0 Å². The predicted molar refractivity (Wildman–Crippen MR) is 77.6 cm³/mol. The summed E-state index contributed by atoms with van der Waals surface area (Å²) in [6.07, 6.45) is 6.75. The van der Waals surface area contributed by atoms with E-state index in [1.807, 2.05) is 6.08 Å². The van der Waals surface area contributed by atoms with Gasteiger partial charge in [-0.1, -0.05) is 17.7 Å². The molecule has 0 aromatic heterocycles. The molecule has 19 heavy (non-hydrogen) atoms. The van der Waals surface area contributed by atoms with Gasteiger partial charge in [0.25, 0.3) is 0 Å². The summed E-state index contributed by atoms with van der Waals surface area (Å²) in [4.78, 5) is 11.0. The number of hydrogen-bond donors (Lipinski definition) is 0. The van der Waals surface area contributed by atoms with Gasteiger partial charge in [0.2, 0.25) is 0 Å². The van der Waals surface area contributed by atoms with Gasteiger partial charge in [0, 0.05) is 11.1 Å². The average Bonchev–Trinajstić information content (AvgIpc) is 2.43. The Morgan fingerprint density at radius 1 is 1.32 bits per heavy atom. The van der Waals surface area contributed by atoms with E-state index in [2.05, 4.69) is 6.58 Å². The molecule has 0 radical (unpaired) electrons. The zero-order chi connectivity index (χ0) is 14.1. The van der Waals surface area contributed by atoms with Crippen LogP contribution in [-0.4, -0.2) is 20.0 Å². The third-order valence-electron chi connectivity index (χ3n) is 2.69. The lowest BCUT2D eigenvalue weighted by molar-refractivity contribution is 0.111. The van der Waals surface area contributed by atoms with Gasteiger partial charge in [0.05, 0.1) is 19.3 Å². The van der Waals surface area contributed by atoms with Crippen LogP contribution in [0.5, 0.6) is 11.5 Å². The molecule has 1 aromatic rings. The lowest BCUT2D eigenvalue weighted by Crippen LogP contribution is -2.02. The van der Waals surface area contributed by atoms with Crippen LogP contribution in [0.3, 0.4) is 0 Å². The van der Waals surface area contributed by atoms with Gasteiger partial charge in [0.15, 0.2) is 17.8 Å². The minimum atomic E-state index is 0.412. The van der Waals surface area contributed by atoms with Crippen LogP contribution < -0.4 is 9.47 Å². The summed E-state index contributed by atoms with van der Waals surface area (Å²) < 4.78 is 10.8. The van der Waals surface area contributed by atoms with Gasteiger partial charge in [-0.2, -0.15) is 0 Å². The van der Waals surface area contributed by atoms with E-state index < -0.39 is 0 Å². The molecular weight excluding hydrogens is 264 g/mol. The summed E-state index contributed by atoms with van der Waals surface area (Å²) in [7, 11) is 1.52. The van der Waals surface area contributed by atoms with E-state index in [9.17, 15) is 4.79 Å². The van der Waals surface area contributed by atoms with Crippen LogP contribution in [0.2, 0.25) is 5.02 Å². The SMILES string of the molecule is C=CCCCCCOc1c(C=O)cc(Cl)cc1OC. The van der Waals surface area contributed by atoms with Crippen LogP contribution in [0.15, 0.2) is 24.8 Å². The summed E-state index contributed by atoms with van der Waals surface area (Å²) in [5.41, 5.74) is 0.412. The topological polar surface area (TPSA) is 35.5 Å². The van der Waals surface area contributed by atoms with Crippen LogP contribution in [0.4, 0.5) is 0 Å². The zero-order valence-corrected chi connectivity index (χ0v) is 11.9. The molecule has 0 amide bonds. The highest BCUT2D eigenvalue weighted by atomic mass is 35.5. The summed E-state index contributed by atoms with van der Waals surface area (Å²) in [6.45, 7) is 4.23. The van der Waals surface area contributed by atoms with Crippen molar-refractivity contribution in [2.75, 3.05) is 13.7 Å².